The quantitative estimate of drug-likeness (QED) is 0.182. The lowest BCUT2D eigenvalue weighted by Crippen LogP contribution is -2.46. The Morgan fingerprint density at radius 2 is 1.57 bits per heavy atom. The van der Waals surface area contributed by atoms with Crippen molar-refractivity contribution in [3.05, 3.63) is 52.0 Å². The number of hydrogen-bond donors (Lipinski definition) is 2. The summed E-state index contributed by atoms with van der Waals surface area (Å²) in [5.74, 6) is -6.96. The first-order chi connectivity index (χ1) is 20.5. The van der Waals surface area contributed by atoms with Crippen LogP contribution in [0, 0.1) is 0 Å². The van der Waals surface area contributed by atoms with Crippen LogP contribution in [0.15, 0.2) is 36.4 Å². The number of esters is 2. The minimum atomic E-state index is -5.37. The van der Waals surface area contributed by atoms with Crippen LogP contribution in [0.25, 0.3) is 0 Å². The minimum absolute atomic E-state index is 0.137. The van der Waals surface area contributed by atoms with Gasteiger partial charge in [0.15, 0.2) is 5.75 Å². The summed E-state index contributed by atoms with van der Waals surface area (Å²) in [5.41, 5.74) is 0.866. The fraction of sp³-hybridized carbons (Fsp3) is 0.444. The maximum absolute atomic E-state index is 13.0. The number of nitrogens with zero attached hydrogens (tertiary/aromatic N) is 1. The number of anilines is 1. The van der Waals surface area contributed by atoms with E-state index in [1.54, 1.807) is 12.1 Å². The van der Waals surface area contributed by atoms with Crippen LogP contribution >= 0.6 is 23.2 Å². The van der Waals surface area contributed by atoms with Crippen molar-refractivity contribution in [1.29, 1.82) is 0 Å². The normalized spacial score (nSPS) is 15.4. The number of ether oxygens (including phenoxy) is 3. The number of alkyl halides is 6. The van der Waals surface area contributed by atoms with Crippen LogP contribution in [0.2, 0.25) is 10.0 Å². The Kier molecular flexibility index (Phi) is 12.1. The highest BCUT2D eigenvalue weighted by atomic mass is 35.5. The fourth-order valence-electron chi connectivity index (χ4n) is 4.15. The number of halogens is 8. The van der Waals surface area contributed by atoms with E-state index in [-0.39, 0.29) is 18.3 Å². The molecule has 0 aromatic heterocycles. The lowest BCUT2D eigenvalue weighted by atomic mass is 10.0. The molecule has 242 valence electrons. The molecular weight excluding hydrogens is 647 g/mol. The number of nitrogens with one attached hydrogen (secondary N) is 2. The van der Waals surface area contributed by atoms with E-state index in [9.17, 15) is 40.7 Å². The zero-order valence-electron chi connectivity index (χ0n) is 23.0. The Labute approximate surface area is 257 Å². The molecule has 1 aliphatic rings. The molecule has 1 aliphatic heterocycles. The van der Waals surface area contributed by atoms with Gasteiger partial charge < -0.3 is 24.8 Å². The number of rotatable bonds is 11. The molecule has 1 heterocycles. The molecule has 1 fully saturated rings. The van der Waals surface area contributed by atoms with Crippen molar-refractivity contribution < 1.29 is 54.9 Å². The molecule has 0 radical (unpaired) electrons. The smallest absolute Gasteiger partial charge is 0.487 e. The third kappa shape index (κ3) is 11.0. The first-order valence-corrected chi connectivity index (χ1v) is 13.8. The lowest BCUT2D eigenvalue weighted by molar-refractivity contribution is -0.205. The van der Waals surface area contributed by atoms with Crippen molar-refractivity contribution in [1.82, 2.24) is 10.2 Å². The summed E-state index contributed by atoms with van der Waals surface area (Å²) < 4.78 is 91.4. The van der Waals surface area contributed by atoms with Crippen LogP contribution < -0.4 is 20.1 Å². The number of amides is 1. The largest absolute Gasteiger partial charge is 0.491 e. The zero-order valence-corrected chi connectivity index (χ0v) is 24.5. The summed E-state index contributed by atoms with van der Waals surface area (Å²) in [6.45, 7) is 2.12. The van der Waals surface area contributed by atoms with E-state index in [0.29, 0.717) is 37.5 Å². The first-order valence-electron chi connectivity index (χ1n) is 13.0. The lowest BCUT2D eigenvalue weighted by Gasteiger charge is -2.33. The topological polar surface area (TPSA) is 106 Å². The van der Waals surface area contributed by atoms with Gasteiger partial charge in [-0.2, -0.15) is 26.3 Å². The van der Waals surface area contributed by atoms with Crippen molar-refractivity contribution >= 4 is 46.7 Å². The Balaban J connectivity index is 1.68. The van der Waals surface area contributed by atoms with E-state index < -0.39 is 59.4 Å². The highest BCUT2D eigenvalue weighted by Crippen LogP contribution is 2.37. The van der Waals surface area contributed by atoms with Crippen LogP contribution in [-0.4, -0.2) is 73.5 Å². The Bertz CT molecular complexity index is 1320. The summed E-state index contributed by atoms with van der Waals surface area (Å²) in [7, 11) is 0. The van der Waals surface area contributed by atoms with Gasteiger partial charge in [-0.05, 0) is 49.7 Å². The molecule has 0 saturated carbocycles. The molecule has 17 heteroatoms. The van der Waals surface area contributed by atoms with Gasteiger partial charge in [-0.15, -0.1) is 0 Å². The van der Waals surface area contributed by atoms with Gasteiger partial charge in [0.2, 0.25) is 5.91 Å². The van der Waals surface area contributed by atoms with E-state index >= 15 is 0 Å². The van der Waals surface area contributed by atoms with E-state index in [1.807, 2.05) is 12.1 Å². The molecule has 44 heavy (non-hydrogen) atoms. The monoisotopic (exact) mass is 673 g/mol. The van der Waals surface area contributed by atoms with E-state index in [0.717, 1.165) is 24.6 Å². The number of hydrogen-bond acceptors (Lipinski definition) is 8. The van der Waals surface area contributed by atoms with Crippen LogP contribution in [0.5, 0.6) is 11.5 Å². The standard InChI is InChI=1S/C27H27Cl2F6N3O6/c1-15(39)37-21-10-20(29)22(44-25(41)27(33,34)35)11-23(21)42-14-19(43-24(40)26(30,31)32)12-36-18-6-8-38(9-7-18)13-16-2-4-17(28)5-3-16/h2-5,10-11,18-19,36H,6-9,12-14H2,1H3,(H,37,39)/t19-/m0/s1. The summed E-state index contributed by atoms with van der Waals surface area (Å²) in [4.78, 5) is 36.7. The van der Waals surface area contributed by atoms with E-state index in [2.05, 4.69) is 25.0 Å². The Morgan fingerprint density at radius 3 is 2.14 bits per heavy atom. The molecule has 0 spiro atoms. The fourth-order valence-corrected chi connectivity index (χ4v) is 4.48. The molecule has 3 rings (SSSR count). The Hall–Kier alpha value is -3.27. The first kappa shape index (κ1) is 35.2. The second kappa shape index (κ2) is 15.1. The van der Waals surface area contributed by atoms with Gasteiger partial charge in [0, 0.05) is 37.1 Å². The van der Waals surface area contributed by atoms with Crippen LogP contribution in [0.4, 0.5) is 32.0 Å². The number of likely N-dealkylation sites (tertiary alicyclic amines) is 1. The number of piperidine rings is 1. The number of carbonyl (C=O) groups is 3. The molecule has 2 aromatic carbocycles. The Morgan fingerprint density at radius 1 is 0.955 bits per heavy atom. The molecule has 0 bridgehead atoms. The molecule has 1 atom stereocenters. The highest BCUT2D eigenvalue weighted by Gasteiger charge is 2.43. The molecule has 9 nitrogen and oxygen atoms in total. The zero-order chi connectivity index (χ0) is 32.7. The van der Waals surface area contributed by atoms with Crippen molar-refractivity contribution in [3.63, 3.8) is 0 Å². The predicted octanol–water partition coefficient (Wildman–Crippen LogP) is 5.53. The highest BCUT2D eigenvalue weighted by molar-refractivity contribution is 6.32. The third-order valence-electron chi connectivity index (χ3n) is 6.25. The SMILES string of the molecule is CC(=O)Nc1cc(Cl)c(OC(=O)C(F)(F)F)cc1OC[C@H](CNC1CCN(Cc2ccc(Cl)cc2)CC1)OC(=O)C(F)(F)F. The van der Waals surface area contributed by atoms with Crippen molar-refractivity contribution in [2.45, 2.75) is 50.8 Å². The summed E-state index contributed by atoms with van der Waals surface area (Å²) in [5, 5.41) is 5.47. The van der Waals surface area contributed by atoms with Gasteiger partial charge in [-0.1, -0.05) is 35.3 Å². The average molecular weight is 674 g/mol. The third-order valence-corrected chi connectivity index (χ3v) is 6.80. The van der Waals surface area contributed by atoms with Crippen LogP contribution in [-0.2, 0) is 25.7 Å². The molecule has 0 aliphatic carbocycles. The van der Waals surface area contributed by atoms with Gasteiger partial charge in [0.25, 0.3) is 0 Å². The molecule has 1 saturated heterocycles. The summed E-state index contributed by atoms with van der Waals surface area (Å²) in [6, 6.07) is 8.92. The van der Waals surface area contributed by atoms with Gasteiger partial charge in [0.05, 0.1) is 10.7 Å². The second-order valence-corrected chi connectivity index (χ2v) is 10.6. The predicted molar refractivity (Wildman–Crippen MR) is 147 cm³/mol. The minimum Gasteiger partial charge on any atom is -0.487 e. The molecule has 1 amide bonds. The molecule has 0 unspecified atom stereocenters. The summed E-state index contributed by atoms with van der Waals surface area (Å²) in [6.07, 6.45) is -10.9. The average Bonchev–Trinajstić information content (AvgIpc) is 2.92. The number of benzene rings is 2. The van der Waals surface area contributed by atoms with Crippen LogP contribution in [0.1, 0.15) is 25.3 Å². The molecule has 2 N–H and O–H groups in total. The van der Waals surface area contributed by atoms with Crippen molar-refractivity contribution in [2.24, 2.45) is 0 Å². The van der Waals surface area contributed by atoms with Gasteiger partial charge in [-0.25, -0.2) is 9.59 Å². The van der Waals surface area contributed by atoms with Crippen molar-refractivity contribution in [3.8, 4) is 11.5 Å². The number of carbonyl (C=O) groups excluding carboxylic acids is 3. The maximum Gasteiger partial charge on any atom is 0.491 e. The molecular formula is C27H27Cl2F6N3O6. The van der Waals surface area contributed by atoms with E-state index in [4.69, 9.17) is 27.9 Å². The van der Waals surface area contributed by atoms with Gasteiger partial charge in [0.1, 0.15) is 18.5 Å². The molecule has 2 aromatic rings. The maximum atomic E-state index is 13.0. The summed E-state index contributed by atoms with van der Waals surface area (Å²) >= 11 is 11.8. The van der Waals surface area contributed by atoms with Gasteiger partial charge in [-0.3, -0.25) is 9.69 Å². The van der Waals surface area contributed by atoms with Crippen molar-refractivity contribution in [2.75, 3.05) is 31.6 Å². The van der Waals surface area contributed by atoms with Crippen LogP contribution in [0.3, 0.4) is 0 Å². The second-order valence-electron chi connectivity index (χ2n) is 9.77. The van der Waals surface area contributed by atoms with E-state index in [1.165, 1.54) is 0 Å². The van der Waals surface area contributed by atoms with Gasteiger partial charge >= 0.3 is 24.3 Å².